The van der Waals surface area contributed by atoms with Crippen molar-refractivity contribution in [3.8, 4) is 5.75 Å². The minimum atomic E-state index is -4.59. The number of nitrogens with one attached hydrogen (secondary N) is 1. The molecule has 0 unspecified atom stereocenters. The van der Waals surface area contributed by atoms with E-state index in [9.17, 15) is 27.7 Å². The molecule has 0 aliphatic carbocycles. The molecule has 0 radical (unpaired) electrons. The van der Waals surface area contributed by atoms with Gasteiger partial charge in [-0.1, -0.05) is 18.2 Å². The highest BCUT2D eigenvalue weighted by molar-refractivity contribution is 7.85. The Morgan fingerprint density at radius 1 is 1.08 bits per heavy atom. The molecular weight excluding hydrogens is 508 g/mol. The smallest absolute Gasteiger partial charge is 0.335 e. The van der Waals surface area contributed by atoms with Crippen molar-refractivity contribution >= 4 is 39.6 Å². The van der Waals surface area contributed by atoms with Gasteiger partial charge < -0.3 is 10.2 Å². The van der Waals surface area contributed by atoms with Gasteiger partial charge in [0.2, 0.25) is 5.84 Å². The topological polar surface area (TPSA) is 208 Å². The largest absolute Gasteiger partial charge is 0.505 e. The summed E-state index contributed by atoms with van der Waals surface area (Å²) >= 11 is 0. The van der Waals surface area contributed by atoms with Gasteiger partial charge in [-0.25, -0.2) is 9.68 Å². The number of benzene rings is 3. The summed E-state index contributed by atoms with van der Waals surface area (Å²) in [6.45, 7) is 1.23. The van der Waals surface area contributed by atoms with Crippen molar-refractivity contribution in [2.24, 2.45) is 15.3 Å². The molecule has 13 nitrogen and oxygen atoms in total. The van der Waals surface area contributed by atoms with E-state index >= 15 is 0 Å². The number of aromatic hydroxyl groups is 1. The van der Waals surface area contributed by atoms with E-state index in [-0.39, 0.29) is 51.8 Å². The first-order valence-electron chi connectivity index (χ1n) is 10.3. The number of amidine groups is 1. The van der Waals surface area contributed by atoms with E-state index in [1.165, 1.54) is 49.4 Å². The van der Waals surface area contributed by atoms with Crippen LogP contribution in [0.4, 0.5) is 11.4 Å². The third-order valence-corrected chi connectivity index (χ3v) is 5.78. The van der Waals surface area contributed by atoms with Gasteiger partial charge in [-0.05, 0) is 54.4 Å². The van der Waals surface area contributed by atoms with Crippen LogP contribution in [0.1, 0.15) is 37.4 Å². The van der Waals surface area contributed by atoms with Crippen LogP contribution in [0.5, 0.6) is 5.75 Å². The second-order valence-electron chi connectivity index (χ2n) is 7.53. The lowest BCUT2D eigenvalue weighted by Crippen LogP contribution is -2.05. The summed E-state index contributed by atoms with van der Waals surface area (Å²) in [7, 11) is -4.59. The standard InChI is InChI=1S/C23H20N4O9S/c1-13-8-18(37(33,34)35)10-20(21(13)29)25-27-22(15-4-6-16(7-5-15)23(30)31)26-24-19-9-14(12-36-32)2-3-17(19)11-28/h2-11,25,29,32H,12H2,1H3,(H,30,31)(H,33,34,35)/b26-24?,27-22-. The molecule has 0 saturated carbocycles. The molecule has 3 aromatic rings. The number of anilines is 1. The average Bonchev–Trinajstić information content (AvgIpc) is 2.86. The highest BCUT2D eigenvalue weighted by Gasteiger charge is 2.16. The van der Waals surface area contributed by atoms with E-state index < -0.39 is 21.0 Å². The molecule has 3 aromatic carbocycles. The zero-order chi connectivity index (χ0) is 27.2. The maximum absolute atomic E-state index is 11.6. The van der Waals surface area contributed by atoms with Crippen molar-refractivity contribution in [1.29, 1.82) is 0 Å². The van der Waals surface area contributed by atoms with E-state index in [0.29, 0.717) is 11.8 Å². The van der Waals surface area contributed by atoms with E-state index in [2.05, 4.69) is 25.6 Å². The van der Waals surface area contributed by atoms with Gasteiger partial charge in [0.25, 0.3) is 10.1 Å². The van der Waals surface area contributed by atoms with Crippen molar-refractivity contribution in [3.05, 3.63) is 82.4 Å². The Hall–Kier alpha value is -4.50. The minimum Gasteiger partial charge on any atom is -0.505 e. The van der Waals surface area contributed by atoms with Crippen molar-refractivity contribution in [3.63, 3.8) is 0 Å². The fraction of sp³-hybridized carbons (Fsp3) is 0.0870. The lowest BCUT2D eigenvalue weighted by atomic mass is 10.1. The number of hydrogen-bond acceptors (Lipinski definition) is 10. The van der Waals surface area contributed by atoms with Crippen LogP contribution in [0.2, 0.25) is 0 Å². The van der Waals surface area contributed by atoms with Crippen LogP contribution < -0.4 is 5.43 Å². The SMILES string of the molecule is Cc1cc(S(=O)(=O)O)cc(N/N=C(\N=Nc2cc(COO)ccc2C=O)c2ccc(C(=O)O)cc2)c1O. The number of phenolic OH excluding ortho intramolecular Hbond substituents is 1. The number of aromatic carboxylic acids is 1. The molecule has 3 rings (SSSR count). The molecule has 0 fully saturated rings. The number of nitrogens with zero attached hydrogens (tertiary/aromatic N) is 3. The Labute approximate surface area is 210 Å². The summed E-state index contributed by atoms with van der Waals surface area (Å²) in [5, 5.41) is 40.3. The number of aldehydes is 1. The zero-order valence-corrected chi connectivity index (χ0v) is 19.9. The number of carbonyl (C=O) groups is 2. The maximum atomic E-state index is 11.6. The van der Waals surface area contributed by atoms with Gasteiger partial charge in [0.1, 0.15) is 12.4 Å². The third kappa shape index (κ3) is 6.80. The van der Waals surface area contributed by atoms with E-state index in [1.807, 2.05) is 0 Å². The highest BCUT2D eigenvalue weighted by Crippen LogP contribution is 2.31. The summed E-state index contributed by atoms with van der Waals surface area (Å²) in [5.74, 6) is -1.66. The van der Waals surface area contributed by atoms with Crippen molar-refractivity contribution in [2.75, 3.05) is 5.43 Å². The Bertz CT molecular complexity index is 1500. The van der Waals surface area contributed by atoms with Crippen molar-refractivity contribution in [2.45, 2.75) is 18.4 Å². The molecular formula is C23H20N4O9S. The third-order valence-electron chi connectivity index (χ3n) is 4.95. The highest BCUT2D eigenvalue weighted by atomic mass is 32.2. The second kappa shape index (κ2) is 11.5. The Kier molecular flexibility index (Phi) is 8.41. The van der Waals surface area contributed by atoms with Crippen LogP contribution in [0.25, 0.3) is 0 Å². The first-order chi connectivity index (χ1) is 17.5. The second-order valence-corrected chi connectivity index (χ2v) is 8.95. The Morgan fingerprint density at radius 2 is 1.76 bits per heavy atom. The van der Waals surface area contributed by atoms with Crippen molar-refractivity contribution in [1.82, 2.24) is 0 Å². The molecule has 0 amide bonds. The molecule has 0 aliphatic rings. The van der Waals surface area contributed by atoms with E-state index in [0.717, 1.165) is 12.1 Å². The fourth-order valence-corrected chi connectivity index (χ4v) is 3.63. The zero-order valence-electron chi connectivity index (χ0n) is 19.1. The quantitative estimate of drug-likeness (QED) is 0.0394. The first kappa shape index (κ1) is 27.1. The van der Waals surface area contributed by atoms with Gasteiger partial charge in [-0.2, -0.15) is 13.5 Å². The predicted octanol–water partition coefficient (Wildman–Crippen LogP) is 4.01. The fourth-order valence-electron chi connectivity index (χ4n) is 3.04. The molecule has 0 heterocycles. The summed E-state index contributed by atoms with van der Waals surface area (Å²) < 4.78 is 32.5. The van der Waals surface area contributed by atoms with Gasteiger partial charge >= 0.3 is 5.97 Å². The molecule has 37 heavy (non-hydrogen) atoms. The molecule has 0 bridgehead atoms. The van der Waals surface area contributed by atoms with Gasteiger partial charge in [0.05, 0.1) is 21.8 Å². The molecule has 0 spiro atoms. The van der Waals surface area contributed by atoms with Crippen molar-refractivity contribution < 1.29 is 42.9 Å². The number of carboxylic acids is 1. The normalized spacial score (nSPS) is 12.0. The predicted molar refractivity (Wildman–Crippen MR) is 130 cm³/mol. The summed E-state index contributed by atoms with van der Waals surface area (Å²) in [6.07, 6.45) is 0.538. The summed E-state index contributed by atoms with van der Waals surface area (Å²) in [6, 6.07) is 11.8. The van der Waals surface area contributed by atoms with Gasteiger partial charge in [0, 0.05) is 11.1 Å². The summed E-state index contributed by atoms with van der Waals surface area (Å²) in [5.41, 5.74) is 3.41. The van der Waals surface area contributed by atoms with Crippen LogP contribution in [0, 0.1) is 6.92 Å². The molecule has 14 heteroatoms. The lowest BCUT2D eigenvalue weighted by Gasteiger charge is -2.10. The maximum Gasteiger partial charge on any atom is 0.335 e. The first-order valence-corrected chi connectivity index (χ1v) is 11.7. The number of carbonyl (C=O) groups excluding carboxylic acids is 1. The molecule has 192 valence electrons. The number of aryl methyl sites for hydroxylation is 1. The van der Waals surface area contributed by atoms with Crippen LogP contribution in [-0.2, 0) is 21.6 Å². The number of rotatable bonds is 9. The number of hydrogen-bond donors (Lipinski definition) is 5. The molecule has 0 saturated heterocycles. The monoisotopic (exact) mass is 528 g/mol. The summed E-state index contributed by atoms with van der Waals surface area (Å²) in [4.78, 5) is 26.2. The minimum absolute atomic E-state index is 0.0120. The van der Waals surface area contributed by atoms with Gasteiger partial charge in [-0.15, -0.1) is 10.2 Å². The van der Waals surface area contributed by atoms with Crippen LogP contribution in [-0.4, -0.2) is 46.5 Å². The van der Waals surface area contributed by atoms with Gasteiger partial charge in [-0.3, -0.25) is 20.0 Å². The average molecular weight is 528 g/mol. The van der Waals surface area contributed by atoms with Crippen LogP contribution >= 0.6 is 0 Å². The van der Waals surface area contributed by atoms with Gasteiger partial charge in [0.15, 0.2) is 6.29 Å². The number of phenols is 1. The molecule has 5 N–H and O–H groups in total. The molecule has 0 atom stereocenters. The number of hydrazone groups is 1. The van der Waals surface area contributed by atoms with Crippen LogP contribution in [0.3, 0.4) is 0 Å². The van der Waals surface area contributed by atoms with E-state index in [4.69, 9.17) is 10.4 Å². The van der Waals surface area contributed by atoms with E-state index in [1.54, 1.807) is 0 Å². The molecule has 0 aromatic heterocycles. The molecule has 0 aliphatic heterocycles. The number of carboxylic acid groups (broad SMARTS) is 1. The lowest BCUT2D eigenvalue weighted by molar-refractivity contribution is -0.253. The Balaban J connectivity index is 2.09. The number of azo groups is 1. The Morgan fingerprint density at radius 3 is 2.35 bits per heavy atom. The van der Waals surface area contributed by atoms with Crippen LogP contribution in [0.15, 0.2) is 74.8 Å².